The Morgan fingerprint density at radius 2 is 1.83 bits per heavy atom. The quantitative estimate of drug-likeness (QED) is 0.556. The van der Waals surface area contributed by atoms with Crippen LogP contribution < -0.4 is 11.1 Å². The Morgan fingerprint density at radius 1 is 1.14 bits per heavy atom. The number of benzene rings is 1. The fourth-order valence-corrected chi connectivity index (χ4v) is 3.73. The number of para-hydroxylation sites is 1. The number of hydrogen-bond acceptors (Lipinski definition) is 7. The highest BCUT2D eigenvalue weighted by Crippen LogP contribution is 2.52. The maximum atomic E-state index is 13.4. The first-order valence-corrected chi connectivity index (χ1v) is 9.54. The van der Waals surface area contributed by atoms with E-state index in [4.69, 9.17) is 19.9 Å². The van der Waals surface area contributed by atoms with Gasteiger partial charge >= 0.3 is 11.9 Å². The number of rotatable bonds is 6. The summed E-state index contributed by atoms with van der Waals surface area (Å²) in [4.78, 5) is 39.3. The zero-order valence-corrected chi connectivity index (χ0v) is 16.7. The Balaban J connectivity index is 2.25. The molecule has 154 valence electrons. The molecule has 3 N–H and O–H groups in total. The summed E-state index contributed by atoms with van der Waals surface area (Å²) in [5, 5.41) is 2.74. The summed E-state index contributed by atoms with van der Waals surface area (Å²) in [6, 6.07) is 6.80. The van der Waals surface area contributed by atoms with Crippen molar-refractivity contribution in [2.45, 2.75) is 39.0 Å². The van der Waals surface area contributed by atoms with E-state index in [1.165, 1.54) is 6.92 Å². The van der Waals surface area contributed by atoms with Gasteiger partial charge in [-0.3, -0.25) is 4.79 Å². The molecule has 2 heterocycles. The molecule has 8 heteroatoms. The zero-order valence-electron chi connectivity index (χ0n) is 16.7. The molecule has 1 aromatic rings. The molecular formula is C21H24N2O6. The van der Waals surface area contributed by atoms with Gasteiger partial charge in [-0.2, -0.15) is 0 Å². The van der Waals surface area contributed by atoms with Gasteiger partial charge in [0.25, 0.3) is 0 Å². The first-order valence-electron chi connectivity index (χ1n) is 9.54. The van der Waals surface area contributed by atoms with Crippen LogP contribution in [0, 0.1) is 0 Å². The lowest BCUT2D eigenvalue weighted by Crippen LogP contribution is -2.48. The molecule has 0 saturated heterocycles. The van der Waals surface area contributed by atoms with E-state index in [0.717, 1.165) is 6.42 Å². The molecule has 2 aliphatic heterocycles. The lowest BCUT2D eigenvalue weighted by molar-refractivity contribution is -0.143. The summed E-state index contributed by atoms with van der Waals surface area (Å²) in [5.41, 5.74) is 4.86. The van der Waals surface area contributed by atoms with E-state index in [1.807, 2.05) is 6.92 Å². The summed E-state index contributed by atoms with van der Waals surface area (Å²) < 4.78 is 16.1. The summed E-state index contributed by atoms with van der Waals surface area (Å²) in [6.07, 6.45) is 1.47. The van der Waals surface area contributed by atoms with Crippen molar-refractivity contribution in [3.8, 4) is 0 Å². The van der Waals surface area contributed by atoms with Crippen LogP contribution in [-0.4, -0.2) is 31.1 Å². The normalized spacial score (nSPS) is 20.3. The molecule has 1 aromatic carbocycles. The summed E-state index contributed by atoms with van der Waals surface area (Å²) in [6.45, 7) is 5.36. The summed E-state index contributed by atoms with van der Waals surface area (Å²) in [7, 11) is 0. The molecule has 3 rings (SSSR count). The Bertz CT molecular complexity index is 933. The van der Waals surface area contributed by atoms with Crippen LogP contribution in [0.3, 0.4) is 0 Å². The second-order valence-corrected chi connectivity index (χ2v) is 6.73. The maximum absolute atomic E-state index is 13.4. The van der Waals surface area contributed by atoms with E-state index in [1.54, 1.807) is 31.2 Å². The highest BCUT2D eigenvalue weighted by Gasteiger charge is 2.61. The van der Waals surface area contributed by atoms with Crippen molar-refractivity contribution in [2.24, 2.45) is 5.73 Å². The number of ether oxygens (including phenoxy) is 3. The predicted octanol–water partition coefficient (Wildman–Crippen LogP) is 2.26. The molecule has 1 atom stereocenters. The number of allylic oxidation sites excluding steroid dienone is 1. The van der Waals surface area contributed by atoms with Crippen LogP contribution in [0.1, 0.15) is 39.2 Å². The van der Waals surface area contributed by atoms with Crippen LogP contribution in [-0.2, 0) is 34.0 Å². The van der Waals surface area contributed by atoms with E-state index < -0.39 is 23.3 Å². The van der Waals surface area contributed by atoms with Crippen molar-refractivity contribution in [3.63, 3.8) is 0 Å². The van der Waals surface area contributed by atoms with Crippen LogP contribution in [0.4, 0.5) is 5.69 Å². The van der Waals surface area contributed by atoms with Gasteiger partial charge in [0, 0.05) is 11.3 Å². The Hall–Kier alpha value is -3.29. The minimum absolute atomic E-state index is 0.0848. The summed E-state index contributed by atoms with van der Waals surface area (Å²) in [5.74, 6) is -2.34. The van der Waals surface area contributed by atoms with E-state index >= 15 is 0 Å². The van der Waals surface area contributed by atoms with Gasteiger partial charge < -0.3 is 25.3 Å². The molecule has 1 amide bonds. The average molecular weight is 400 g/mol. The van der Waals surface area contributed by atoms with Crippen LogP contribution >= 0.6 is 0 Å². The van der Waals surface area contributed by atoms with Crippen molar-refractivity contribution in [1.82, 2.24) is 0 Å². The lowest BCUT2D eigenvalue weighted by atomic mass is 9.67. The molecule has 0 radical (unpaired) electrons. The van der Waals surface area contributed by atoms with Crippen molar-refractivity contribution in [2.75, 3.05) is 18.5 Å². The molecule has 0 saturated carbocycles. The number of anilines is 1. The standard InChI is InChI=1S/C21H24N2O6/c1-4-6-11-28-19(25)16-17(22)29-12(3)15(18(24)27-5-2)21(16)13-9-7-8-10-14(13)23-20(21)26/h7-10H,4-6,11,22H2,1-3H3,(H,23,26)/t21-/m0/s1. The third kappa shape index (κ3) is 3.14. The van der Waals surface area contributed by atoms with E-state index in [2.05, 4.69) is 5.32 Å². The number of fused-ring (bicyclic) bond motifs is 2. The number of unbranched alkanes of at least 4 members (excludes halogenated alkanes) is 1. The van der Waals surface area contributed by atoms with E-state index in [0.29, 0.717) is 17.7 Å². The van der Waals surface area contributed by atoms with Gasteiger partial charge in [0.05, 0.1) is 13.2 Å². The van der Waals surface area contributed by atoms with Crippen LogP contribution in [0.25, 0.3) is 0 Å². The molecule has 29 heavy (non-hydrogen) atoms. The number of amides is 1. The van der Waals surface area contributed by atoms with Crippen molar-refractivity contribution < 1.29 is 28.6 Å². The van der Waals surface area contributed by atoms with Crippen LogP contribution in [0.2, 0.25) is 0 Å². The third-order valence-corrected chi connectivity index (χ3v) is 4.95. The highest BCUT2D eigenvalue weighted by atomic mass is 16.5. The van der Waals surface area contributed by atoms with Gasteiger partial charge in [-0.15, -0.1) is 0 Å². The molecule has 0 bridgehead atoms. The molecule has 1 spiro atoms. The fraction of sp³-hybridized carbons (Fsp3) is 0.381. The topological polar surface area (TPSA) is 117 Å². The van der Waals surface area contributed by atoms with Gasteiger partial charge in [-0.1, -0.05) is 31.5 Å². The van der Waals surface area contributed by atoms with Crippen LogP contribution in [0.5, 0.6) is 0 Å². The zero-order chi connectivity index (χ0) is 21.2. The Labute approximate surface area is 168 Å². The Kier molecular flexibility index (Phi) is 5.63. The average Bonchev–Trinajstić information content (AvgIpc) is 2.94. The van der Waals surface area contributed by atoms with E-state index in [9.17, 15) is 14.4 Å². The van der Waals surface area contributed by atoms with Crippen molar-refractivity contribution >= 4 is 23.5 Å². The smallest absolute Gasteiger partial charge is 0.341 e. The van der Waals surface area contributed by atoms with Gasteiger partial charge in [0.1, 0.15) is 22.3 Å². The minimum Gasteiger partial charge on any atom is -0.462 e. The SMILES string of the molecule is CCCCOC(=O)C1=C(N)OC(C)=C(C(=O)OCC)[C@]12C(=O)Nc1ccccc12. The monoisotopic (exact) mass is 400 g/mol. The molecule has 0 unspecified atom stereocenters. The number of carbonyl (C=O) groups is 3. The van der Waals surface area contributed by atoms with Gasteiger partial charge in [0.2, 0.25) is 11.8 Å². The molecular weight excluding hydrogens is 376 g/mol. The van der Waals surface area contributed by atoms with Crippen molar-refractivity contribution in [1.29, 1.82) is 0 Å². The highest BCUT2D eigenvalue weighted by molar-refractivity contribution is 6.21. The molecule has 2 aliphatic rings. The molecule has 8 nitrogen and oxygen atoms in total. The molecule has 0 aromatic heterocycles. The first kappa shape index (κ1) is 20.4. The number of hydrogen-bond donors (Lipinski definition) is 2. The van der Waals surface area contributed by atoms with Gasteiger partial charge in [-0.05, 0) is 26.3 Å². The number of nitrogens with one attached hydrogen (secondary N) is 1. The third-order valence-electron chi connectivity index (χ3n) is 4.95. The predicted molar refractivity (Wildman–Crippen MR) is 104 cm³/mol. The minimum atomic E-state index is -1.81. The first-order chi connectivity index (χ1) is 13.9. The number of carbonyl (C=O) groups excluding carboxylic acids is 3. The van der Waals surface area contributed by atoms with Crippen molar-refractivity contribution in [3.05, 3.63) is 52.6 Å². The van der Waals surface area contributed by atoms with E-state index in [-0.39, 0.29) is 36.0 Å². The second-order valence-electron chi connectivity index (χ2n) is 6.73. The second kappa shape index (κ2) is 7.98. The Morgan fingerprint density at radius 3 is 2.52 bits per heavy atom. The maximum Gasteiger partial charge on any atom is 0.341 e. The molecule has 0 fully saturated rings. The van der Waals surface area contributed by atoms with Gasteiger partial charge in [0.15, 0.2) is 0 Å². The van der Waals surface area contributed by atoms with Crippen LogP contribution in [0.15, 0.2) is 47.1 Å². The van der Waals surface area contributed by atoms with Gasteiger partial charge in [-0.25, -0.2) is 9.59 Å². The summed E-state index contributed by atoms with van der Waals surface area (Å²) >= 11 is 0. The number of nitrogens with two attached hydrogens (primary N) is 1. The largest absolute Gasteiger partial charge is 0.462 e. The number of esters is 2. The lowest BCUT2D eigenvalue weighted by Gasteiger charge is -2.35. The fourth-order valence-electron chi connectivity index (χ4n) is 3.73. The molecule has 0 aliphatic carbocycles.